The van der Waals surface area contributed by atoms with E-state index in [1.165, 1.54) is 23.5 Å². The highest BCUT2D eigenvalue weighted by molar-refractivity contribution is 7.89. The van der Waals surface area contributed by atoms with E-state index in [2.05, 4.69) is 0 Å². The number of rotatable bonds is 9. The predicted octanol–water partition coefficient (Wildman–Crippen LogP) is 3.58. The monoisotopic (exact) mass is 434 g/mol. The van der Waals surface area contributed by atoms with Gasteiger partial charge >= 0.3 is 5.97 Å². The Morgan fingerprint density at radius 2 is 1.73 bits per heavy atom. The van der Waals surface area contributed by atoms with Crippen LogP contribution in [0.5, 0.6) is 0 Å². The van der Waals surface area contributed by atoms with E-state index in [0.717, 1.165) is 0 Å². The molecule has 0 aliphatic heterocycles. The number of hydrogen-bond acceptors (Lipinski definition) is 5. The highest BCUT2D eigenvalue weighted by Crippen LogP contribution is 2.27. The van der Waals surface area contributed by atoms with Gasteiger partial charge in [0, 0.05) is 24.3 Å². The SMILES string of the molecule is CCCN([C@H](C)C(=O)c1c(C)c(C(=O)OC)n(CC)c1C)S(=O)(=O)c1ccccc1. The number of carbonyl (C=O) groups is 2. The maximum absolute atomic E-state index is 13.5. The van der Waals surface area contributed by atoms with E-state index < -0.39 is 22.0 Å². The van der Waals surface area contributed by atoms with Gasteiger partial charge in [-0.25, -0.2) is 13.2 Å². The molecule has 0 N–H and O–H groups in total. The van der Waals surface area contributed by atoms with Crippen LogP contribution in [0.4, 0.5) is 0 Å². The van der Waals surface area contributed by atoms with Crippen LogP contribution >= 0.6 is 0 Å². The molecule has 1 aromatic heterocycles. The summed E-state index contributed by atoms with van der Waals surface area (Å²) in [5.41, 5.74) is 1.82. The van der Waals surface area contributed by atoms with E-state index in [-0.39, 0.29) is 17.2 Å². The Balaban J connectivity index is 2.56. The lowest BCUT2D eigenvalue weighted by Crippen LogP contribution is -2.44. The molecule has 2 rings (SSSR count). The average molecular weight is 435 g/mol. The first-order valence-corrected chi connectivity index (χ1v) is 11.5. The number of sulfonamides is 1. The lowest BCUT2D eigenvalue weighted by molar-refractivity contribution is 0.0587. The van der Waals surface area contributed by atoms with E-state index in [9.17, 15) is 18.0 Å². The van der Waals surface area contributed by atoms with E-state index in [1.54, 1.807) is 43.5 Å². The molecule has 164 valence electrons. The smallest absolute Gasteiger partial charge is 0.354 e. The molecule has 1 aromatic carbocycles. The molecule has 30 heavy (non-hydrogen) atoms. The molecule has 2 aromatic rings. The second-order valence-electron chi connectivity index (χ2n) is 7.14. The first-order valence-electron chi connectivity index (χ1n) is 10.0. The molecule has 8 heteroatoms. The third kappa shape index (κ3) is 4.20. The molecule has 0 radical (unpaired) electrons. The van der Waals surface area contributed by atoms with E-state index in [4.69, 9.17) is 4.74 Å². The van der Waals surface area contributed by atoms with Crippen LogP contribution in [0.2, 0.25) is 0 Å². The van der Waals surface area contributed by atoms with Crippen molar-refractivity contribution < 1.29 is 22.7 Å². The molecule has 1 heterocycles. The number of benzene rings is 1. The fraction of sp³-hybridized carbons (Fsp3) is 0.455. The van der Waals surface area contributed by atoms with Gasteiger partial charge < -0.3 is 9.30 Å². The van der Waals surface area contributed by atoms with Crippen molar-refractivity contribution in [1.82, 2.24) is 8.87 Å². The van der Waals surface area contributed by atoms with Crippen LogP contribution in [-0.4, -0.2) is 48.7 Å². The molecule has 0 aliphatic rings. The fourth-order valence-electron chi connectivity index (χ4n) is 3.82. The summed E-state index contributed by atoms with van der Waals surface area (Å²) < 4.78 is 34.4. The van der Waals surface area contributed by atoms with Gasteiger partial charge in [-0.15, -0.1) is 0 Å². The van der Waals surface area contributed by atoms with Gasteiger partial charge in [0.15, 0.2) is 5.78 Å². The Kier molecular flexibility index (Phi) is 7.60. The van der Waals surface area contributed by atoms with Gasteiger partial charge in [-0.05, 0) is 51.8 Å². The van der Waals surface area contributed by atoms with Crippen LogP contribution in [0, 0.1) is 13.8 Å². The van der Waals surface area contributed by atoms with Crippen molar-refractivity contribution in [3.63, 3.8) is 0 Å². The maximum Gasteiger partial charge on any atom is 0.354 e. The second kappa shape index (κ2) is 9.57. The third-order valence-corrected chi connectivity index (χ3v) is 7.30. The average Bonchev–Trinajstić information content (AvgIpc) is 3.00. The van der Waals surface area contributed by atoms with Crippen LogP contribution in [0.15, 0.2) is 35.2 Å². The van der Waals surface area contributed by atoms with Gasteiger partial charge in [-0.2, -0.15) is 4.31 Å². The van der Waals surface area contributed by atoms with E-state index in [0.29, 0.717) is 35.5 Å². The molecule has 1 atom stereocenters. The summed E-state index contributed by atoms with van der Waals surface area (Å²) >= 11 is 0. The Labute approximate surface area is 178 Å². The molecule has 0 spiro atoms. The molecule has 0 amide bonds. The van der Waals surface area contributed by atoms with Crippen molar-refractivity contribution in [3.8, 4) is 0 Å². The predicted molar refractivity (Wildman–Crippen MR) is 115 cm³/mol. The number of hydrogen-bond donors (Lipinski definition) is 0. The second-order valence-corrected chi connectivity index (χ2v) is 9.03. The minimum atomic E-state index is -3.86. The van der Waals surface area contributed by atoms with Crippen LogP contribution in [-0.2, 0) is 21.3 Å². The van der Waals surface area contributed by atoms with Crippen LogP contribution in [0.3, 0.4) is 0 Å². The standard InChI is InChI=1S/C22H30N2O5S/c1-7-14-24(30(27,28)18-12-10-9-11-13-18)17(5)21(25)19-15(3)20(22(26)29-6)23(8-2)16(19)4/h9-13,17H,7-8,14H2,1-6H3/t17-/m1/s1. The summed E-state index contributed by atoms with van der Waals surface area (Å²) in [5, 5.41) is 0. The molecule has 0 unspecified atom stereocenters. The van der Waals surface area contributed by atoms with Crippen LogP contribution in [0.1, 0.15) is 59.3 Å². The summed E-state index contributed by atoms with van der Waals surface area (Å²) in [6.07, 6.45) is 0.561. The van der Waals surface area contributed by atoms with Crippen molar-refractivity contribution in [1.29, 1.82) is 0 Å². The van der Waals surface area contributed by atoms with Gasteiger partial charge in [0.2, 0.25) is 10.0 Å². The fourth-order valence-corrected chi connectivity index (χ4v) is 5.53. The number of Topliss-reactive ketones (excluding diaryl/α,β-unsaturated/α-hetero) is 1. The third-order valence-electron chi connectivity index (χ3n) is 5.31. The summed E-state index contributed by atoms with van der Waals surface area (Å²) in [7, 11) is -2.56. The summed E-state index contributed by atoms with van der Waals surface area (Å²) in [4.78, 5) is 25.9. The van der Waals surface area contributed by atoms with Gasteiger partial charge in [0.05, 0.1) is 18.0 Å². The summed E-state index contributed by atoms with van der Waals surface area (Å²) in [5.74, 6) is -0.859. The summed E-state index contributed by atoms with van der Waals surface area (Å²) in [6.45, 7) is 9.49. The van der Waals surface area contributed by atoms with Gasteiger partial charge in [-0.3, -0.25) is 4.79 Å². The molecule has 7 nitrogen and oxygen atoms in total. The molecular weight excluding hydrogens is 404 g/mol. The molecular formula is C22H30N2O5S. The van der Waals surface area contributed by atoms with Crippen LogP contribution < -0.4 is 0 Å². The quantitative estimate of drug-likeness (QED) is 0.445. The van der Waals surface area contributed by atoms with Gasteiger partial charge in [0.1, 0.15) is 5.69 Å². The van der Waals surface area contributed by atoms with Gasteiger partial charge in [-0.1, -0.05) is 25.1 Å². The maximum atomic E-state index is 13.5. The van der Waals surface area contributed by atoms with Crippen molar-refractivity contribution in [3.05, 3.63) is 52.8 Å². The normalized spacial score (nSPS) is 12.8. The van der Waals surface area contributed by atoms with Crippen molar-refractivity contribution in [2.24, 2.45) is 0 Å². The lowest BCUT2D eigenvalue weighted by Gasteiger charge is -2.27. The molecule has 0 fully saturated rings. The molecule has 0 saturated carbocycles. The number of ether oxygens (including phenoxy) is 1. The zero-order valence-corrected chi connectivity index (χ0v) is 19.2. The van der Waals surface area contributed by atoms with Crippen molar-refractivity contribution in [2.75, 3.05) is 13.7 Å². The number of methoxy groups -OCH3 is 1. The number of ketones is 1. The zero-order chi connectivity index (χ0) is 22.6. The Bertz CT molecular complexity index is 1030. The number of carbonyl (C=O) groups excluding carboxylic acids is 2. The number of esters is 1. The highest BCUT2D eigenvalue weighted by Gasteiger charge is 2.36. The zero-order valence-electron chi connectivity index (χ0n) is 18.4. The van der Waals surface area contributed by atoms with Crippen LogP contribution in [0.25, 0.3) is 0 Å². The van der Waals surface area contributed by atoms with E-state index >= 15 is 0 Å². The minimum Gasteiger partial charge on any atom is -0.464 e. The van der Waals surface area contributed by atoms with Gasteiger partial charge in [0.25, 0.3) is 0 Å². The summed E-state index contributed by atoms with van der Waals surface area (Å²) in [6, 6.07) is 7.17. The Morgan fingerprint density at radius 3 is 2.23 bits per heavy atom. The first kappa shape index (κ1) is 23.8. The van der Waals surface area contributed by atoms with E-state index in [1.807, 2.05) is 13.8 Å². The first-order chi connectivity index (χ1) is 14.1. The van der Waals surface area contributed by atoms with Crippen molar-refractivity contribution >= 4 is 21.8 Å². The topological polar surface area (TPSA) is 85.7 Å². The number of aromatic nitrogens is 1. The highest BCUT2D eigenvalue weighted by atomic mass is 32.2. The molecule has 0 bridgehead atoms. The van der Waals surface area contributed by atoms with Crippen molar-refractivity contribution in [2.45, 2.75) is 58.5 Å². The molecule has 0 saturated heterocycles. The Hall–Kier alpha value is -2.45. The Morgan fingerprint density at radius 1 is 1.13 bits per heavy atom. The number of nitrogens with zero attached hydrogens (tertiary/aromatic N) is 2. The minimum absolute atomic E-state index is 0.146. The molecule has 0 aliphatic carbocycles. The largest absolute Gasteiger partial charge is 0.464 e. The lowest BCUT2D eigenvalue weighted by atomic mass is 10.0.